The molecule has 6 N–H and O–H groups in total. The third-order valence-corrected chi connectivity index (χ3v) is 5.14. The Balaban J connectivity index is -0.00000134. The van der Waals surface area contributed by atoms with Gasteiger partial charge in [-0.1, -0.05) is 94.6 Å². The molecule has 0 fully saturated rings. The van der Waals surface area contributed by atoms with Gasteiger partial charge in [-0.2, -0.15) is 0 Å². The highest BCUT2D eigenvalue weighted by Crippen LogP contribution is 2.19. The van der Waals surface area contributed by atoms with Crippen molar-refractivity contribution in [2.75, 3.05) is 0 Å². The topological polar surface area (TPSA) is 92.5 Å². The maximum atomic E-state index is 10.3. The first-order chi connectivity index (χ1) is 15.9. The minimum atomic E-state index is -0.514. The van der Waals surface area contributed by atoms with E-state index < -0.39 is 12.2 Å². The zero-order valence-electron chi connectivity index (χ0n) is 22.6. The van der Waals surface area contributed by atoms with Gasteiger partial charge in [-0.3, -0.25) is 0 Å². The van der Waals surface area contributed by atoms with Crippen molar-refractivity contribution in [2.24, 2.45) is 17.4 Å². The monoisotopic (exact) mass is 462 g/mol. The summed E-state index contributed by atoms with van der Waals surface area (Å²) < 4.78 is 0. The molecule has 0 aliphatic rings. The van der Waals surface area contributed by atoms with Crippen LogP contribution in [-0.2, 0) is 0 Å². The molecule has 0 spiro atoms. The predicted molar refractivity (Wildman–Crippen MR) is 148 cm³/mol. The molecule has 0 aliphatic heterocycles. The molecule has 0 aliphatic carbocycles. The van der Waals surface area contributed by atoms with E-state index in [0.717, 1.165) is 19.3 Å². The Morgan fingerprint density at radius 1 is 1.03 bits per heavy atom. The van der Waals surface area contributed by atoms with E-state index in [0.29, 0.717) is 12.8 Å². The summed E-state index contributed by atoms with van der Waals surface area (Å²) in [5.41, 5.74) is 12.2. The lowest BCUT2D eigenvalue weighted by Crippen LogP contribution is -2.36. The Morgan fingerprint density at radius 3 is 2.15 bits per heavy atom. The van der Waals surface area contributed by atoms with Crippen LogP contribution in [0.25, 0.3) is 0 Å². The van der Waals surface area contributed by atoms with E-state index in [4.69, 9.17) is 5.73 Å². The Bertz CT molecular complexity index is 576. The second kappa shape index (κ2) is 28.2. The summed E-state index contributed by atoms with van der Waals surface area (Å²) in [5.74, 6) is 2.44. The highest BCUT2D eigenvalue weighted by molar-refractivity contribution is 5.17. The largest absolute Gasteiger partial charge is 0.393 e. The second-order valence-electron chi connectivity index (χ2n) is 7.67. The average molecular weight is 463 g/mol. The molecule has 0 aromatic heterocycles. The molecule has 0 amide bonds. The molecular formula is C29H54N2O2. The third-order valence-electron chi connectivity index (χ3n) is 5.14. The number of rotatable bonds is 15. The van der Waals surface area contributed by atoms with Crippen molar-refractivity contribution < 1.29 is 10.2 Å². The number of unbranched alkanes of at least 4 members (excludes halogenated alkanes) is 3. The van der Waals surface area contributed by atoms with Gasteiger partial charge in [-0.05, 0) is 59.3 Å². The van der Waals surface area contributed by atoms with Crippen LogP contribution in [0.4, 0.5) is 0 Å². The van der Waals surface area contributed by atoms with Crippen molar-refractivity contribution >= 4 is 0 Å². The van der Waals surface area contributed by atoms with Gasteiger partial charge >= 0.3 is 0 Å². The fourth-order valence-corrected chi connectivity index (χ4v) is 3.10. The number of aliphatic hydroxyl groups excluding tert-OH is 2. The lowest BCUT2D eigenvalue weighted by Gasteiger charge is -2.25. The molecule has 192 valence electrons. The van der Waals surface area contributed by atoms with E-state index in [2.05, 4.69) is 48.9 Å². The van der Waals surface area contributed by atoms with E-state index in [1.165, 1.54) is 24.8 Å². The maximum Gasteiger partial charge on any atom is 0.0724 e. The van der Waals surface area contributed by atoms with Crippen LogP contribution in [0.3, 0.4) is 0 Å². The Hall–Kier alpha value is -1.80. The number of aliphatic hydroxyl groups is 2. The van der Waals surface area contributed by atoms with Crippen LogP contribution in [0, 0.1) is 17.9 Å². The first kappa shape index (κ1) is 35.8. The first-order valence-corrected chi connectivity index (χ1v) is 12.8. The quantitative estimate of drug-likeness (QED) is 0.0745. The van der Waals surface area contributed by atoms with Gasteiger partial charge in [0.15, 0.2) is 0 Å². The van der Waals surface area contributed by atoms with E-state index in [9.17, 15) is 10.2 Å². The highest BCUT2D eigenvalue weighted by atomic mass is 16.3. The van der Waals surface area contributed by atoms with Crippen molar-refractivity contribution in [1.82, 2.24) is 0 Å². The molecular weight excluding hydrogens is 408 g/mol. The number of hydrogen-bond acceptors (Lipinski definition) is 4. The van der Waals surface area contributed by atoms with Crippen molar-refractivity contribution in [1.29, 1.82) is 0 Å². The zero-order chi connectivity index (χ0) is 25.9. The Kier molecular flexibility index (Phi) is 30.6. The lowest BCUT2D eigenvalue weighted by molar-refractivity contribution is 0.0976. The maximum absolute atomic E-state index is 10.3. The fourth-order valence-electron chi connectivity index (χ4n) is 3.10. The normalized spacial score (nSPS) is 15.2. The smallest absolute Gasteiger partial charge is 0.0724 e. The standard InChI is InChI=1S/C24H43NO2.C3H5N.C2H6/c1-5-9-10-11-12-13-15-22(24(27)8-4)23(25)19-18-21(26)17-16-20(7-3)14-6-2;1-2-3-4;1-2/h6-7,12-14,18-19,21-24,26-27H,5,8-11,15-17,25H2,1-4H3;4H2,1H3;1-2H3/b13-12-,14-6-,19-18+,20-7+;;. The van der Waals surface area contributed by atoms with Crippen molar-refractivity contribution in [3.05, 3.63) is 48.1 Å². The summed E-state index contributed by atoms with van der Waals surface area (Å²) >= 11 is 0. The Labute approximate surface area is 205 Å². The minimum absolute atomic E-state index is 0.0185. The molecule has 0 aromatic rings. The van der Waals surface area contributed by atoms with Crippen LogP contribution in [0.15, 0.2) is 48.1 Å². The average Bonchev–Trinajstić information content (AvgIpc) is 2.85. The molecule has 4 atom stereocenters. The molecule has 0 aromatic carbocycles. The van der Waals surface area contributed by atoms with Crippen LogP contribution in [0.2, 0.25) is 0 Å². The minimum Gasteiger partial charge on any atom is -0.393 e. The summed E-state index contributed by atoms with van der Waals surface area (Å²) in [5, 5.41) is 20.6. The Morgan fingerprint density at radius 2 is 1.67 bits per heavy atom. The number of allylic oxidation sites excluding steroid dienone is 6. The molecule has 4 heteroatoms. The highest BCUT2D eigenvalue weighted by Gasteiger charge is 2.22. The summed E-state index contributed by atoms with van der Waals surface area (Å²) in [4.78, 5) is 0. The second-order valence-corrected chi connectivity index (χ2v) is 7.67. The van der Waals surface area contributed by atoms with Gasteiger partial charge in [0, 0.05) is 18.0 Å². The summed E-state index contributed by atoms with van der Waals surface area (Å²) in [6.45, 7) is 13.9. The van der Waals surface area contributed by atoms with Crippen molar-refractivity contribution in [3.63, 3.8) is 0 Å². The van der Waals surface area contributed by atoms with Crippen molar-refractivity contribution in [2.45, 2.75) is 118 Å². The molecule has 4 unspecified atom stereocenters. The third kappa shape index (κ3) is 23.2. The lowest BCUT2D eigenvalue weighted by atomic mass is 9.88. The van der Waals surface area contributed by atoms with Gasteiger partial charge in [-0.25, -0.2) is 0 Å². The molecule has 4 nitrogen and oxygen atoms in total. The molecule has 0 bridgehead atoms. The van der Waals surface area contributed by atoms with E-state index in [1.807, 2.05) is 46.8 Å². The van der Waals surface area contributed by atoms with Crippen molar-refractivity contribution in [3.8, 4) is 12.0 Å². The van der Waals surface area contributed by atoms with Gasteiger partial charge in [-0.15, -0.1) is 0 Å². The van der Waals surface area contributed by atoms with Gasteiger partial charge in [0.25, 0.3) is 0 Å². The molecule has 0 heterocycles. The number of nitrogens with two attached hydrogens (primary N) is 2. The van der Waals surface area contributed by atoms with Crippen LogP contribution in [-0.4, -0.2) is 28.5 Å². The van der Waals surface area contributed by atoms with Gasteiger partial charge in [0.05, 0.1) is 12.2 Å². The predicted octanol–water partition coefficient (Wildman–Crippen LogP) is 6.40. The van der Waals surface area contributed by atoms with E-state index in [1.54, 1.807) is 13.0 Å². The van der Waals surface area contributed by atoms with Crippen LogP contribution < -0.4 is 11.5 Å². The molecule has 0 saturated carbocycles. The van der Waals surface area contributed by atoms with Crippen LogP contribution >= 0.6 is 0 Å². The SMILES string of the molecule is C/C=C\C(=C/C)CCC(O)/C=C/C(N)C(C/C=C\CCCCC)C(O)CC.CC.CC#CN. The molecule has 0 saturated heterocycles. The number of hydrogen-bond donors (Lipinski definition) is 4. The van der Waals surface area contributed by atoms with E-state index >= 15 is 0 Å². The van der Waals surface area contributed by atoms with Gasteiger partial charge in [0.2, 0.25) is 0 Å². The van der Waals surface area contributed by atoms with Crippen LogP contribution in [0.1, 0.15) is 99.8 Å². The summed E-state index contributed by atoms with van der Waals surface area (Å²) in [6.07, 6.45) is 21.0. The summed E-state index contributed by atoms with van der Waals surface area (Å²) in [7, 11) is 0. The fraction of sp³-hybridized carbons (Fsp3) is 0.655. The van der Waals surface area contributed by atoms with Crippen LogP contribution in [0.5, 0.6) is 0 Å². The zero-order valence-corrected chi connectivity index (χ0v) is 22.6. The molecule has 33 heavy (non-hydrogen) atoms. The van der Waals surface area contributed by atoms with E-state index in [-0.39, 0.29) is 12.0 Å². The van der Waals surface area contributed by atoms with Gasteiger partial charge in [0.1, 0.15) is 0 Å². The first-order valence-electron chi connectivity index (χ1n) is 12.8. The van der Waals surface area contributed by atoms with Gasteiger partial charge < -0.3 is 21.7 Å². The molecule has 0 rings (SSSR count). The molecule has 0 radical (unpaired) electrons. The summed E-state index contributed by atoms with van der Waals surface area (Å²) in [6, 6.07) is 1.92.